The van der Waals surface area contributed by atoms with Crippen LogP contribution in [0.3, 0.4) is 0 Å². The monoisotopic (exact) mass is 255 g/mol. The minimum atomic E-state index is -0.0562. The summed E-state index contributed by atoms with van der Waals surface area (Å²) in [6.07, 6.45) is 4.82. The van der Waals surface area contributed by atoms with Crippen LogP contribution in [0.4, 0.5) is 0 Å². The third-order valence-electron chi connectivity index (χ3n) is 2.72. The Bertz CT molecular complexity index is 339. The van der Waals surface area contributed by atoms with E-state index in [4.69, 9.17) is 22.1 Å². The first-order valence-electron chi connectivity index (χ1n) is 6.33. The Balaban J connectivity index is 2.52. The van der Waals surface area contributed by atoms with E-state index in [1.807, 2.05) is 25.1 Å². The molecule has 0 aliphatic rings. The Morgan fingerprint density at radius 2 is 2.06 bits per heavy atom. The lowest BCUT2D eigenvalue weighted by molar-refractivity contribution is 0.301. The molecule has 0 aromatic heterocycles. The molecule has 17 heavy (non-hydrogen) atoms. The molecule has 0 aliphatic heterocycles. The summed E-state index contributed by atoms with van der Waals surface area (Å²) >= 11 is 5.95. The van der Waals surface area contributed by atoms with E-state index in [1.165, 1.54) is 19.3 Å². The summed E-state index contributed by atoms with van der Waals surface area (Å²) in [5.74, 6) is 0.862. The van der Waals surface area contributed by atoms with Gasteiger partial charge in [0.15, 0.2) is 0 Å². The highest BCUT2D eigenvalue weighted by atomic mass is 35.5. The fraction of sp³-hybridized carbons (Fsp3) is 0.571. The summed E-state index contributed by atoms with van der Waals surface area (Å²) in [6, 6.07) is 5.57. The summed E-state index contributed by atoms with van der Waals surface area (Å²) in [4.78, 5) is 0. The largest absolute Gasteiger partial charge is 0.493 e. The fourth-order valence-electron chi connectivity index (χ4n) is 1.72. The summed E-state index contributed by atoms with van der Waals surface area (Å²) in [5.41, 5.74) is 6.88. The van der Waals surface area contributed by atoms with Crippen molar-refractivity contribution in [3.63, 3.8) is 0 Å². The maximum Gasteiger partial charge on any atom is 0.124 e. The molecule has 1 atom stereocenters. The van der Waals surface area contributed by atoms with E-state index in [2.05, 4.69) is 6.92 Å². The molecular weight excluding hydrogens is 234 g/mol. The fourth-order valence-corrected chi connectivity index (χ4v) is 1.90. The molecule has 0 spiro atoms. The normalized spacial score (nSPS) is 12.5. The highest BCUT2D eigenvalue weighted by Crippen LogP contribution is 2.27. The Labute approximate surface area is 109 Å². The zero-order valence-corrected chi connectivity index (χ0v) is 11.5. The van der Waals surface area contributed by atoms with Gasteiger partial charge >= 0.3 is 0 Å². The number of rotatable bonds is 7. The second-order valence-corrected chi connectivity index (χ2v) is 4.82. The van der Waals surface area contributed by atoms with E-state index in [1.54, 1.807) is 0 Å². The quantitative estimate of drug-likeness (QED) is 0.737. The van der Waals surface area contributed by atoms with E-state index < -0.39 is 0 Å². The molecule has 96 valence electrons. The van der Waals surface area contributed by atoms with Crippen molar-refractivity contribution in [3.05, 3.63) is 28.8 Å². The number of benzene rings is 1. The molecule has 0 saturated carbocycles. The molecule has 2 N–H and O–H groups in total. The number of hydrogen-bond acceptors (Lipinski definition) is 2. The van der Waals surface area contributed by atoms with Crippen molar-refractivity contribution in [1.29, 1.82) is 0 Å². The Hall–Kier alpha value is -0.730. The van der Waals surface area contributed by atoms with Crippen LogP contribution in [0, 0.1) is 0 Å². The molecule has 1 aromatic rings. The van der Waals surface area contributed by atoms with Gasteiger partial charge < -0.3 is 10.5 Å². The SMILES string of the molecule is CCCCCCOc1ccc(Cl)cc1C(C)N. The molecule has 0 saturated heterocycles. The van der Waals surface area contributed by atoms with Gasteiger partial charge in [0.05, 0.1) is 6.61 Å². The molecular formula is C14H22ClNO. The Morgan fingerprint density at radius 1 is 1.29 bits per heavy atom. The zero-order chi connectivity index (χ0) is 12.7. The smallest absolute Gasteiger partial charge is 0.124 e. The summed E-state index contributed by atoms with van der Waals surface area (Å²) in [5, 5.41) is 0.704. The van der Waals surface area contributed by atoms with Crippen LogP contribution in [0.15, 0.2) is 18.2 Å². The number of halogens is 1. The molecule has 1 aromatic carbocycles. The third-order valence-corrected chi connectivity index (χ3v) is 2.95. The molecule has 0 fully saturated rings. The van der Waals surface area contributed by atoms with Gasteiger partial charge in [-0.2, -0.15) is 0 Å². The standard InChI is InChI=1S/C14H22ClNO/c1-3-4-5-6-9-17-14-8-7-12(15)10-13(14)11(2)16/h7-8,10-11H,3-6,9,16H2,1-2H3. The predicted octanol–water partition coefficient (Wildman–Crippen LogP) is 4.32. The van der Waals surface area contributed by atoms with E-state index >= 15 is 0 Å². The van der Waals surface area contributed by atoms with Crippen LogP contribution in [-0.2, 0) is 0 Å². The van der Waals surface area contributed by atoms with Crippen LogP contribution in [0.25, 0.3) is 0 Å². The van der Waals surface area contributed by atoms with Crippen molar-refractivity contribution in [3.8, 4) is 5.75 Å². The Morgan fingerprint density at radius 3 is 2.71 bits per heavy atom. The highest BCUT2D eigenvalue weighted by molar-refractivity contribution is 6.30. The van der Waals surface area contributed by atoms with E-state index in [-0.39, 0.29) is 6.04 Å². The van der Waals surface area contributed by atoms with Crippen LogP contribution in [-0.4, -0.2) is 6.61 Å². The average Bonchev–Trinajstić information content (AvgIpc) is 2.30. The van der Waals surface area contributed by atoms with Gasteiger partial charge in [-0.1, -0.05) is 37.8 Å². The average molecular weight is 256 g/mol. The molecule has 0 bridgehead atoms. The molecule has 0 amide bonds. The second kappa shape index (κ2) is 7.57. The van der Waals surface area contributed by atoms with Gasteiger partial charge in [0.1, 0.15) is 5.75 Å². The van der Waals surface area contributed by atoms with Gasteiger partial charge in [-0.15, -0.1) is 0 Å². The van der Waals surface area contributed by atoms with Crippen molar-refractivity contribution in [2.75, 3.05) is 6.61 Å². The van der Waals surface area contributed by atoms with Gasteiger partial charge in [0, 0.05) is 16.6 Å². The van der Waals surface area contributed by atoms with E-state index in [0.717, 1.165) is 24.3 Å². The van der Waals surface area contributed by atoms with Gasteiger partial charge in [0.2, 0.25) is 0 Å². The first-order chi connectivity index (χ1) is 8.15. The van der Waals surface area contributed by atoms with Crippen LogP contribution in [0.2, 0.25) is 5.02 Å². The van der Waals surface area contributed by atoms with Crippen molar-refractivity contribution >= 4 is 11.6 Å². The third kappa shape index (κ3) is 4.97. The lowest BCUT2D eigenvalue weighted by Crippen LogP contribution is -2.08. The van der Waals surface area contributed by atoms with Crippen molar-refractivity contribution < 1.29 is 4.74 Å². The predicted molar refractivity (Wildman–Crippen MR) is 73.7 cm³/mol. The number of unbranched alkanes of at least 4 members (excludes halogenated alkanes) is 3. The molecule has 0 radical (unpaired) electrons. The van der Waals surface area contributed by atoms with Crippen LogP contribution >= 0.6 is 11.6 Å². The van der Waals surface area contributed by atoms with Gasteiger partial charge in [-0.3, -0.25) is 0 Å². The maximum atomic E-state index is 5.95. The van der Waals surface area contributed by atoms with Gasteiger partial charge in [0.25, 0.3) is 0 Å². The maximum absolute atomic E-state index is 5.95. The lowest BCUT2D eigenvalue weighted by atomic mass is 10.1. The second-order valence-electron chi connectivity index (χ2n) is 4.38. The first-order valence-corrected chi connectivity index (χ1v) is 6.70. The molecule has 0 aliphatic carbocycles. The lowest BCUT2D eigenvalue weighted by Gasteiger charge is -2.14. The van der Waals surface area contributed by atoms with E-state index in [9.17, 15) is 0 Å². The van der Waals surface area contributed by atoms with Crippen LogP contribution in [0.5, 0.6) is 5.75 Å². The van der Waals surface area contributed by atoms with Crippen molar-refractivity contribution in [2.24, 2.45) is 5.73 Å². The molecule has 3 heteroatoms. The molecule has 1 unspecified atom stereocenters. The number of ether oxygens (including phenoxy) is 1. The van der Waals surface area contributed by atoms with Crippen molar-refractivity contribution in [2.45, 2.75) is 45.6 Å². The van der Waals surface area contributed by atoms with Gasteiger partial charge in [-0.05, 0) is 31.5 Å². The molecule has 1 rings (SSSR count). The first kappa shape index (κ1) is 14.3. The Kier molecular flexibility index (Phi) is 6.38. The highest BCUT2D eigenvalue weighted by Gasteiger charge is 2.08. The summed E-state index contributed by atoms with van der Waals surface area (Å²) in [7, 11) is 0. The minimum Gasteiger partial charge on any atom is -0.493 e. The number of nitrogens with two attached hydrogens (primary N) is 1. The topological polar surface area (TPSA) is 35.2 Å². The van der Waals surface area contributed by atoms with Crippen LogP contribution in [0.1, 0.15) is 51.1 Å². The zero-order valence-electron chi connectivity index (χ0n) is 10.7. The minimum absolute atomic E-state index is 0.0562. The number of hydrogen-bond donors (Lipinski definition) is 1. The van der Waals surface area contributed by atoms with Crippen LogP contribution < -0.4 is 10.5 Å². The van der Waals surface area contributed by atoms with Crippen molar-refractivity contribution in [1.82, 2.24) is 0 Å². The van der Waals surface area contributed by atoms with Gasteiger partial charge in [-0.25, -0.2) is 0 Å². The molecule has 0 heterocycles. The van der Waals surface area contributed by atoms with E-state index in [0.29, 0.717) is 5.02 Å². The summed E-state index contributed by atoms with van der Waals surface area (Å²) in [6.45, 7) is 4.89. The molecule has 2 nitrogen and oxygen atoms in total. The summed E-state index contributed by atoms with van der Waals surface area (Å²) < 4.78 is 5.76.